The van der Waals surface area contributed by atoms with Gasteiger partial charge in [0.25, 0.3) is 5.91 Å². The normalized spacial score (nSPS) is 10.5. The summed E-state index contributed by atoms with van der Waals surface area (Å²) in [5.41, 5.74) is 0.0329. The fourth-order valence-corrected chi connectivity index (χ4v) is 1.09. The molecule has 0 aliphatic rings. The van der Waals surface area contributed by atoms with Crippen molar-refractivity contribution in [2.75, 3.05) is 6.54 Å². The molecular formula is C11H13FN2O. The van der Waals surface area contributed by atoms with Crippen LogP contribution in [-0.2, 0) is 0 Å². The molecule has 4 heteroatoms. The molecule has 1 aromatic rings. The molecule has 0 unspecified atom stereocenters. The van der Waals surface area contributed by atoms with Crippen molar-refractivity contribution >= 4 is 5.91 Å². The molecule has 0 saturated heterocycles. The van der Waals surface area contributed by atoms with E-state index in [9.17, 15) is 9.18 Å². The van der Waals surface area contributed by atoms with Crippen LogP contribution < -0.4 is 5.32 Å². The third-order valence-electron chi connectivity index (χ3n) is 1.85. The predicted octanol–water partition coefficient (Wildman–Crippen LogP) is 1.92. The van der Waals surface area contributed by atoms with Gasteiger partial charge in [0.1, 0.15) is 0 Å². The molecule has 1 N–H and O–H groups in total. The summed E-state index contributed by atoms with van der Waals surface area (Å²) in [5, 5.41) is 2.62. The van der Waals surface area contributed by atoms with E-state index in [2.05, 4.69) is 10.3 Å². The summed E-state index contributed by atoms with van der Waals surface area (Å²) in [4.78, 5) is 15.0. The van der Waals surface area contributed by atoms with E-state index in [0.717, 1.165) is 12.6 Å². The van der Waals surface area contributed by atoms with E-state index < -0.39 is 11.7 Å². The lowest BCUT2D eigenvalue weighted by Gasteiger charge is -2.03. The predicted molar refractivity (Wildman–Crippen MR) is 56.0 cm³/mol. The minimum absolute atomic E-state index is 0.0329. The Bertz CT molecular complexity index is 363. The van der Waals surface area contributed by atoms with E-state index >= 15 is 0 Å². The Hall–Kier alpha value is -1.71. The van der Waals surface area contributed by atoms with Crippen LogP contribution in [0.25, 0.3) is 0 Å². The first-order valence-electron chi connectivity index (χ1n) is 4.74. The molecule has 0 spiro atoms. The summed E-state index contributed by atoms with van der Waals surface area (Å²) in [6.45, 7) is 2.41. The van der Waals surface area contributed by atoms with Gasteiger partial charge in [-0.25, -0.2) is 4.39 Å². The summed E-state index contributed by atoms with van der Waals surface area (Å²) < 4.78 is 13.1. The van der Waals surface area contributed by atoms with Crippen LogP contribution in [0.2, 0.25) is 0 Å². The average Bonchev–Trinajstić information content (AvgIpc) is 2.25. The average molecular weight is 208 g/mol. The molecule has 0 fully saturated rings. The van der Waals surface area contributed by atoms with Crippen LogP contribution in [0.4, 0.5) is 4.39 Å². The van der Waals surface area contributed by atoms with E-state index in [1.165, 1.54) is 12.3 Å². The molecule has 1 aromatic heterocycles. The standard InChI is InChI=1S/C11H13FN2O/c1-2-3-4-6-14-11(15)9-5-7-13-8-10(9)12/h2-3,5,7-8H,4,6H2,1H3,(H,14,15)/b3-2+. The number of aromatic nitrogens is 1. The summed E-state index contributed by atoms with van der Waals surface area (Å²) in [7, 11) is 0. The van der Waals surface area contributed by atoms with Crippen LogP contribution in [0.5, 0.6) is 0 Å². The van der Waals surface area contributed by atoms with Gasteiger partial charge in [0, 0.05) is 12.7 Å². The lowest BCUT2D eigenvalue weighted by molar-refractivity contribution is 0.0950. The minimum Gasteiger partial charge on any atom is -0.352 e. The summed E-state index contributed by atoms with van der Waals surface area (Å²) >= 11 is 0. The first-order valence-corrected chi connectivity index (χ1v) is 4.74. The largest absolute Gasteiger partial charge is 0.352 e. The number of nitrogens with one attached hydrogen (secondary N) is 1. The molecular weight excluding hydrogens is 195 g/mol. The maximum absolute atomic E-state index is 13.1. The number of carbonyl (C=O) groups is 1. The van der Waals surface area contributed by atoms with Crippen LogP contribution >= 0.6 is 0 Å². The van der Waals surface area contributed by atoms with Gasteiger partial charge in [-0.3, -0.25) is 9.78 Å². The number of allylic oxidation sites excluding steroid dienone is 1. The number of rotatable bonds is 4. The fraction of sp³-hybridized carbons (Fsp3) is 0.273. The van der Waals surface area contributed by atoms with Crippen molar-refractivity contribution in [1.29, 1.82) is 0 Å². The van der Waals surface area contributed by atoms with Gasteiger partial charge in [0.05, 0.1) is 11.8 Å². The Morgan fingerprint density at radius 1 is 1.67 bits per heavy atom. The smallest absolute Gasteiger partial charge is 0.254 e. The van der Waals surface area contributed by atoms with E-state index in [0.29, 0.717) is 6.54 Å². The highest BCUT2D eigenvalue weighted by Crippen LogP contribution is 2.03. The van der Waals surface area contributed by atoms with Gasteiger partial charge >= 0.3 is 0 Å². The van der Waals surface area contributed by atoms with E-state index in [-0.39, 0.29) is 5.56 Å². The molecule has 15 heavy (non-hydrogen) atoms. The number of hydrogen-bond donors (Lipinski definition) is 1. The van der Waals surface area contributed by atoms with Gasteiger partial charge < -0.3 is 5.32 Å². The Balaban J connectivity index is 2.51. The van der Waals surface area contributed by atoms with Crippen molar-refractivity contribution < 1.29 is 9.18 Å². The van der Waals surface area contributed by atoms with E-state index in [1.54, 1.807) is 0 Å². The van der Waals surface area contributed by atoms with Crippen molar-refractivity contribution in [2.45, 2.75) is 13.3 Å². The minimum atomic E-state index is -0.596. The molecule has 0 aromatic carbocycles. The summed E-state index contributed by atoms with van der Waals surface area (Å²) in [5.74, 6) is -1.000. The van der Waals surface area contributed by atoms with Crippen LogP contribution in [-0.4, -0.2) is 17.4 Å². The number of amides is 1. The monoisotopic (exact) mass is 208 g/mol. The summed E-state index contributed by atoms with van der Waals surface area (Å²) in [6.07, 6.45) is 7.00. The maximum Gasteiger partial charge on any atom is 0.254 e. The summed E-state index contributed by atoms with van der Waals surface area (Å²) in [6, 6.07) is 1.36. The van der Waals surface area contributed by atoms with Gasteiger partial charge in [-0.2, -0.15) is 0 Å². The number of nitrogens with zero attached hydrogens (tertiary/aromatic N) is 1. The van der Waals surface area contributed by atoms with Gasteiger partial charge in [-0.05, 0) is 19.4 Å². The van der Waals surface area contributed by atoms with Crippen LogP contribution in [0, 0.1) is 5.82 Å². The Labute approximate surface area is 88.0 Å². The highest BCUT2D eigenvalue weighted by molar-refractivity contribution is 5.94. The topological polar surface area (TPSA) is 42.0 Å². The van der Waals surface area contributed by atoms with Crippen LogP contribution in [0.15, 0.2) is 30.6 Å². The fourth-order valence-electron chi connectivity index (χ4n) is 1.09. The lowest BCUT2D eigenvalue weighted by Crippen LogP contribution is -2.25. The lowest BCUT2D eigenvalue weighted by atomic mass is 10.2. The third-order valence-corrected chi connectivity index (χ3v) is 1.85. The number of pyridine rings is 1. The zero-order chi connectivity index (χ0) is 11.1. The first kappa shape index (κ1) is 11.4. The second kappa shape index (κ2) is 5.90. The Morgan fingerprint density at radius 2 is 2.47 bits per heavy atom. The number of hydrogen-bond acceptors (Lipinski definition) is 2. The van der Waals surface area contributed by atoms with Crippen LogP contribution in [0.3, 0.4) is 0 Å². The number of carbonyl (C=O) groups excluding carboxylic acids is 1. The van der Waals surface area contributed by atoms with Crippen molar-refractivity contribution in [3.05, 3.63) is 42.0 Å². The molecule has 0 aliphatic heterocycles. The third kappa shape index (κ3) is 3.50. The molecule has 1 amide bonds. The zero-order valence-corrected chi connectivity index (χ0v) is 8.53. The van der Waals surface area contributed by atoms with Gasteiger partial charge in [-0.15, -0.1) is 0 Å². The van der Waals surface area contributed by atoms with Gasteiger partial charge in [-0.1, -0.05) is 12.2 Å². The Kier molecular flexibility index (Phi) is 4.47. The SMILES string of the molecule is C/C=C/CCNC(=O)c1ccncc1F. The Morgan fingerprint density at radius 3 is 3.13 bits per heavy atom. The molecule has 0 radical (unpaired) electrons. The molecule has 0 bridgehead atoms. The molecule has 0 aliphatic carbocycles. The molecule has 1 rings (SSSR count). The highest BCUT2D eigenvalue weighted by atomic mass is 19.1. The second-order valence-electron chi connectivity index (χ2n) is 2.97. The number of halogens is 1. The quantitative estimate of drug-likeness (QED) is 0.606. The van der Waals surface area contributed by atoms with Gasteiger partial charge in [0.2, 0.25) is 0 Å². The first-order chi connectivity index (χ1) is 7.25. The van der Waals surface area contributed by atoms with E-state index in [1.807, 2.05) is 19.1 Å². The van der Waals surface area contributed by atoms with Gasteiger partial charge in [0.15, 0.2) is 5.82 Å². The molecule has 0 atom stereocenters. The van der Waals surface area contributed by atoms with Crippen molar-refractivity contribution in [3.8, 4) is 0 Å². The maximum atomic E-state index is 13.1. The molecule has 0 saturated carbocycles. The van der Waals surface area contributed by atoms with Crippen molar-refractivity contribution in [3.63, 3.8) is 0 Å². The van der Waals surface area contributed by atoms with Crippen molar-refractivity contribution in [2.24, 2.45) is 0 Å². The zero-order valence-electron chi connectivity index (χ0n) is 8.53. The van der Waals surface area contributed by atoms with Crippen molar-refractivity contribution in [1.82, 2.24) is 10.3 Å². The van der Waals surface area contributed by atoms with Crippen LogP contribution in [0.1, 0.15) is 23.7 Å². The van der Waals surface area contributed by atoms with E-state index in [4.69, 9.17) is 0 Å². The molecule has 80 valence electrons. The second-order valence-corrected chi connectivity index (χ2v) is 2.97. The molecule has 3 nitrogen and oxygen atoms in total. The highest BCUT2D eigenvalue weighted by Gasteiger charge is 2.09. The molecule has 1 heterocycles.